The summed E-state index contributed by atoms with van der Waals surface area (Å²) in [6.45, 7) is 6.15. The second-order valence-corrected chi connectivity index (χ2v) is 25.7. The Kier molecular flexibility index (Phi) is 17.6. The number of anilines is 1. The van der Waals surface area contributed by atoms with Gasteiger partial charge >= 0.3 is 5.97 Å². The number of pyridine rings is 1. The van der Waals surface area contributed by atoms with Crippen LogP contribution in [0.25, 0.3) is 43.4 Å². The maximum Gasteiger partial charge on any atom is 0.303 e. The van der Waals surface area contributed by atoms with Crippen molar-refractivity contribution in [3.63, 3.8) is 0 Å². The lowest BCUT2D eigenvalue weighted by molar-refractivity contribution is -0.149. The molecule has 0 aliphatic carbocycles. The molecular weight excluding hydrogens is 1170 g/mol. The van der Waals surface area contributed by atoms with Crippen LogP contribution >= 0.6 is 68.0 Å². The van der Waals surface area contributed by atoms with Crippen molar-refractivity contribution in [2.24, 2.45) is 5.92 Å². The number of carbonyl (C=O) groups is 6. The first-order chi connectivity index (χ1) is 38.2. The molecule has 10 bridgehead atoms. The Morgan fingerprint density at radius 2 is 1.41 bits per heavy atom. The molecule has 0 saturated heterocycles. The summed E-state index contributed by atoms with van der Waals surface area (Å²) in [7, 11) is -0.716. The van der Waals surface area contributed by atoms with E-state index in [9.17, 15) is 37.2 Å². The van der Waals surface area contributed by atoms with Crippen molar-refractivity contribution in [3.8, 4) is 43.4 Å². The van der Waals surface area contributed by atoms with E-state index in [1.165, 1.54) is 43.8 Å². The van der Waals surface area contributed by atoms with Gasteiger partial charge in [-0.2, -0.15) is 0 Å². The van der Waals surface area contributed by atoms with Gasteiger partial charge in [0.15, 0.2) is 11.9 Å². The zero-order chi connectivity index (χ0) is 57.0. The number of esters is 1. The molecule has 7 aromatic heterocycles. The maximum atomic E-state index is 14.2. The first kappa shape index (κ1) is 57.4. The number of benzene rings is 1. The normalized spacial score (nSPS) is 16.7. The van der Waals surface area contributed by atoms with Gasteiger partial charge in [-0.1, -0.05) is 44.2 Å². The van der Waals surface area contributed by atoms with Gasteiger partial charge in [0, 0.05) is 53.0 Å². The fourth-order valence-electron chi connectivity index (χ4n) is 8.12. The minimum absolute atomic E-state index is 0.0100. The topological polar surface area (TPSA) is 317 Å². The number of aryl methyl sites for hydroxylation is 1. The van der Waals surface area contributed by atoms with Crippen molar-refractivity contribution in [2.75, 3.05) is 31.7 Å². The molecule has 6 N–H and O–H groups in total. The molecule has 5 amide bonds. The summed E-state index contributed by atoms with van der Waals surface area (Å²) >= 11 is 7.02. The lowest BCUT2D eigenvalue weighted by Crippen LogP contribution is -2.41. The molecule has 0 spiro atoms. The van der Waals surface area contributed by atoms with Crippen LogP contribution in [0.4, 0.5) is 5.82 Å². The molecule has 1 aliphatic rings. The van der Waals surface area contributed by atoms with E-state index >= 15 is 0 Å². The van der Waals surface area contributed by atoms with E-state index in [-0.39, 0.29) is 46.9 Å². The van der Waals surface area contributed by atoms with Gasteiger partial charge in [-0.15, -0.1) is 68.0 Å². The third-order valence-corrected chi connectivity index (χ3v) is 18.1. The van der Waals surface area contributed by atoms with Gasteiger partial charge in [-0.3, -0.25) is 33.5 Å². The predicted molar refractivity (Wildman–Crippen MR) is 305 cm³/mol. The molecule has 8 aromatic rings. The standard InChI is InChI=1S/C50H49N13O10S7/c1-22(2)36-50-62-39(32(79-50)17-72-6)43(68)52-16-35(66)59-40(41(73-24(4)64)25-11-9-8-10-12-25)49-57-31(20-76-49)47-55-29(18-75-47)38-26(13-14-27(53-38)46-58-33(21-77-46)63-80(7,70)71)45-56-30(19-74-45)42(67)54-28(15-34(65)51-5)48-61-37(23(3)78-48)44(69)60-36/h8-14,18-22,28,36,40-41,63H,15-17H2,1-7H3,(H,51,65)(H,52,68)(H,54,67)(H,59,66)(H,60,69)/t28-,36-,40?,41-/m0/s1. The van der Waals surface area contributed by atoms with Crippen LogP contribution in [0, 0.1) is 12.8 Å². The predicted octanol–water partition coefficient (Wildman–Crippen LogP) is 7.25. The Hall–Kier alpha value is -7.32. The number of amides is 5. The van der Waals surface area contributed by atoms with E-state index in [0.717, 1.165) is 51.6 Å². The van der Waals surface area contributed by atoms with Gasteiger partial charge in [-0.05, 0) is 30.5 Å². The van der Waals surface area contributed by atoms with Gasteiger partial charge in [0.1, 0.15) is 70.3 Å². The smallest absolute Gasteiger partial charge is 0.303 e. The van der Waals surface area contributed by atoms with E-state index < -0.39 is 76.3 Å². The molecule has 0 saturated carbocycles. The van der Waals surface area contributed by atoms with Crippen molar-refractivity contribution in [3.05, 3.63) is 111 Å². The number of nitrogens with zero attached hydrogens (tertiary/aromatic N) is 7. The number of methoxy groups -OCH3 is 1. The number of aromatic nitrogens is 7. The maximum absolute atomic E-state index is 14.2. The molecule has 0 radical (unpaired) electrons. The minimum atomic E-state index is -3.64. The van der Waals surface area contributed by atoms with Crippen LogP contribution in [0.2, 0.25) is 0 Å². The highest BCUT2D eigenvalue weighted by atomic mass is 32.2. The fraction of sp³-hybridized carbons (Fsp3) is 0.300. The number of nitrogens with one attached hydrogen (secondary N) is 6. The third kappa shape index (κ3) is 13.3. The van der Waals surface area contributed by atoms with Crippen molar-refractivity contribution in [2.45, 2.75) is 65.0 Å². The summed E-state index contributed by atoms with van der Waals surface area (Å²) in [6.07, 6.45) is -0.290. The summed E-state index contributed by atoms with van der Waals surface area (Å²) < 4.78 is 37.9. The lowest BCUT2D eigenvalue weighted by atomic mass is 10.0. The van der Waals surface area contributed by atoms with E-state index in [0.29, 0.717) is 68.7 Å². The van der Waals surface area contributed by atoms with E-state index in [1.807, 2.05) is 13.8 Å². The molecule has 1 unspecified atom stereocenters. The Morgan fingerprint density at radius 1 is 0.713 bits per heavy atom. The molecule has 80 heavy (non-hydrogen) atoms. The minimum Gasteiger partial charge on any atom is -0.455 e. The van der Waals surface area contributed by atoms with Gasteiger partial charge < -0.3 is 36.1 Å². The first-order valence-corrected chi connectivity index (χ1v) is 31.2. The molecule has 0 fully saturated rings. The average molecular weight is 1220 g/mol. The lowest BCUT2D eigenvalue weighted by Gasteiger charge is -2.26. The van der Waals surface area contributed by atoms with Crippen LogP contribution in [0.3, 0.4) is 0 Å². The average Bonchev–Trinajstić information content (AvgIpc) is 4.32. The molecule has 416 valence electrons. The number of carbonyl (C=O) groups excluding carboxylic acids is 6. The number of hydrogen-bond acceptors (Lipinski definition) is 23. The van der Waals surface area contributed by atoms with Crippen LogP contribution in [0.5, 0.6) is 0 Å². The summed E-state index contributed by atoms with van der Waals surface area (Å²) in [5.74, 6) is -3.73. The molecule has 8 heterocycles. The van der Waals surface area contributed by atoms with E-state index in [2.05, 4.69) is 41.3 Å². The Bertz CT molecular complexity index is 3760. The fourth-order valence-corrected chi connectivity index (χ4v) is 14.2. The van der Waals surface area contributed by atoms with E-state index in [1.54, 1.807) is 70.9 Å². The number of hydrogen-bond donors (Lipinski definition) is 6. The summed E-state index contributed by atoms with van der Waals surface area (Å²) in [5, 5.41) is 23.0. The Labute approximate surface area is 481 Å². The number of thiazole rings is 6. The van der Waals surface area contributed by atoms with Crippen molar-refractivity contribution < 1.29 is 46.7 Å². The molecule has 1 aromatic carbocycles. The van der Waals surface area contributed by atoms with Crippen molar-refractivity contribution in [1.82, 2.24) is 61.5 Å². The van der Waals surface area contributed by atoms with Crippen molar-refractivity contribution >= 4 is 119 Å². The second kappa shape index (κ2) is 24.6. The van der Waals surface area contributed by atoms with Crippen LogP contribution in [0.1, 0.15) is 113 Å². The Morgan fingerprint density at radius 3 is 2.14 bits per heavy atom. The zero-order valence-corrected chi connectivity index (χ0v) is 49.1. The third-order valence-electron chi connectivity index (χ3n) is 11.8. The highest BCUT2D eigenvalue weighted by Gasteiger charge is 2.34. The zero-order valence-electron chi connectivity index (χ0n) is 43.4. The van der Waals surface area contributed by atoms with Crippen LogP contribution in [-0.4, -0.2) is 106 Å². The molecule has 4 atom stereocenters. The largest absolute Gasteiger partial charge is 0.455 e. The van der Waals surface area contributed by atoms with Crippen LogP contribution < -0.4 is 31.3 Å². The molecule has 9 rings (SSSR count). The highest BCUT2D eigenvalue weighted by molar-refractivity contribution is 7.92. The van der Waals surface area contributed by atoms with E-state index in [4.69, 9.17) is 34.4 Å². The SMILES string of the molecule is CNC(=O)C[C@@H]1NC(=O)c2csc(n2)-c2ccc(-c3nc(NS(C)(=O)=O)cs3)nc2-c2csc(n2)-c2csc(n2)C([C@@H](OC(C)=O)c2ccccc2)NC(=O)CNC(=O)c2nc(sc2COC)[C@H](C(C)C)NC(=O)c2nc1sc2C. The van der Waals surface area contributed by atoms with Crippen molar-refractivity contribution in [1.29, 1.82) is 0 Å². The molecule has 30 heteroatoms. The molecular formula is C50H49N13O10S7. The second-order valence-electron chi connectivity index (χ2n) is 18.1. The van der Waals surface area contributed by atoms with Gasteiger partial charge in [-0.25, -0.2) is 43.3 Å². The summed E-state index contributed by atoms with van der Waals surface area (Å²) in [4.78, 5) is 117. The highest BCUT2D eigenvalue weighted by Crippen LogP contribution is 2.41. The first-order valence-electron chi connectivity index (χ1n) is 24.2. The summed E-state index contributed by atoms with van der Waals surface area (Å²) in [5.41, 5.74) is 2.55. The molecule has 23 nitrogen and oxygen atoms in total. The van der Waals surface area contributed by atoms with Crippen LogP contribution in [0.15, 0.2) is 64.0 Å². The number of sulfonamides is 1. The number of ether oxygens (including phenoxy) is 2. The van der Waals surface area contributed by atoms with Gasteiger partial charge in [0.25, 0.3) is 17.7 Å². The van der Waals surface area contributed by atoms with Gasteiger partial charge in [0.05, 0.1) is 48.5 Å². The quantitative estimate of drug-likeness (QED) is 0.0694. The monoisotopic (exact) mass is 1220 g/mol. The van der Waals surface area contributed by atoms with Gasteiger partial charge in [0.2, 0.25) is 21.8 Å². The Balaban J connectivity index is 1.16. The summed E-state index contributed by atoms with van der Waals surface area (Å²) in [6, 6.07) is 9.44. The number of fused-ring (bicyclic) bond motifs is 14. The molecule has 1 aliphatic heterocycles. The van der Waals surface area contributed by atoms with Crippen LogP contribution in [-0.2, 0) is 40.5 Å². The number of rotatable bonds is 11.